The molecule has 7 heteroatoms. The van der Waals surface area contributed by atoms with Gasteiger partial charge in [-0.3, -0.25) is 4.79 Å². The van der Waals surface area contributed by atoms with Gasteiger partial charge in [-0.1, -0.05) is 41.6 Å². The molecule has 26 heavy (non-hydrogen) atoms. The molecule has 2 aromatic carbocycles. The summed E-state index contributed by atoms with van der Waals surface area (Å²) in [4.78, 5) is 12.5. The summed E-state index contributed by atoms with van der Waals surface area (Å²) in [5.41, 5.74) is 2.78. The maximum absolute atomic E-state index is 12.5. The molecule has 0 spiro atoms. The van der Waals surface area contributed by atoms with Gasteiger partial charge in [0, 0.05) is 23.3 Å². The van der Waals surface area contributed by atoms with Crippen molar-refractivity contribution >= 4 is 35.0 Å². The number of nitrogens with zero attached hydrogens (tertiary/aromatic N) is 3. The van der Waals surface area contributed by atoms with Crippen LogP contribution in [0.1, 0.15) is 12.5 Å². The quantitative estimate of drug-likeness (QED) is 0.653. The van der Waals surface area contributed by atoms with Crippen molar-refractivity contribution in [3.05, 3.63) is 59.1 Å². The first-order chi connectivity index (χ1) is 12.5. The summed E-state index contributed by atoms with van der Waals surface area (Å²) in [5, 5.41) is 12.5. The maximum Gasteiger partial charge on any atom is 0.237 e. The van der Waals surface area contributed by atoms with Gasteiger partial charge in [-0.05, 0) is 49.7 Å². The highest BCUT2D eigenvalue weighted by molar-refractivity contribution is 8.00. The van der Waals surface area contributed by atoms with Gasteiger partial charge in [-0.25, -0.2) is 0 Å². The lowest BCUT2D eigenvalue weighted by molar-refractivity contribution is -0.115. The predicted molar refractivity (Wildman–Crippen MR) is 107 cm³/mol. The van der Waals surface area contributed by atoms with E-state index in [1.807, 2.05) is 74.0 Å². The van der Waals surface area contributed by atoms with Crippen molar-refractivity contribution in [1.29, 1.82) is 0 Å². The second kappa shape index (κ2) is 7.93. The number of nitrogens with one attached hydrogen (secondary N) is 1. The molecule has 1 N–H and O–H groups in total. The van der Waals surface area contributed by atoms with Crippen LogP contribution in [-0.4, -0.2) is 25.9 Å². The van der Waals surface area contributed by atoms with Crippen LogP contribution < -0.4 is 5.32 Å². The van der Waals surface area contributed by atoms with Crippen LogP contribution in [-0.2, 0) is 11.8 Å². The molecule has 1 amide bonds. The van der Waals surface area contributed by atoms with Gasteiger partial charge in [-0.15, -0.1) is 10.2 Å². The minimum absolute atomic E-state index is 0.0691. The van der Waals surface area contributed by atoms with Crippen molar-refractivity contribution < 1.29 is 4.79 Å². The van der Waals surface area contributed by atoms with E-state index in [9.17, 15) is 4.79 Å². The van der Waals surface area contributed by atoms with Gasteiger partial charge < -0.3 is 9.88 Å². The molecule has 0 radical (unpaired) electrons. The van der Waals surface area contributed by atoms with Crippen LogP contribution >= 0.6 is 23.4 Å². The predicted octanol–water partition coefficient (Wildman–Crippen LogP) is 4.56. The normalized spacial score (nSPS) is 12.0. The fraction of sp³-hybridized carbons (Fsp3) is 0.211. The topological polar surface area (TPSA) is 59.8 Å². The van der Waals surface area contributed by atoms with E-state index in [4.69, 9.17) is 11.6 Å². The van der Waals surface area contributed by atoms with E-state index >= 15 is 0 Å². The highest BCUT2D eigenvalue weighted by atomic mass is 35.5. The smallest absolute Gasteiger partial charge is 0.237 e. The second-order valence-electron chi connectivity index (χ2n) is 5.94. The Morgan fingerprint density at radius 2 is 1.85 bits per heavy atom. The van der Waals surface area contributed by atoms with E-state index < -0.39 is 0 Å². The Hall–Kier alpha value is -2.31. The van der Waals surface area contributed by atoms with Crippen LogP contribution in [0, 0.1) is 6.92 Å². The molecule has 1 heterocycles. The first-order valence-corrected chi connectivity index (χ1v) is 9.40. The van der Waals surface area contributed by atoms with Crippen LogP contribution in [0.3, 0.4) is 0 Å². The van der Waals surface area contributed by atoms with E-state index in [0.717, 1.165) is 22.6 Å². The molecule has 1 atom stereocenters. The molecule has 0 bridgehead atoms. The Kier molecular flexibility index (Phi) is 5.64. The molecule has 5 nitrogen and oxygen atoms in total. The Morgan fingerprint density at radius 1 is 1.15 bits per heavy atom. The molecule has 134 valence electrons. The molecule has 3 aromatic rings. The molecule has 1 aromatic heterocycles. The van der Waals surface area contributed by atoms with Crippen molar-refractivity contribution in [2.24, 2.45) is 7.05 Å². The number of halogens is 1. The Balaban J connectivity index is 1.71. The third-order valence-corrected chi connectivity index (χ3v) is 5.38. The van der Waals surface area contributed by atoms with Gasteiger partial charge in [0.1, 0.15) is 0 Å². The van der Waals surface area contributed by atoms with Crippen LogP contribution in [0.25, 0.3) is 11.4 Å². The Morgan fingerprint density at radius 3 is 2.54 bits per heavy atom. The molecular weight excluding hydrogens is 368 g/mol. The van der Waals surface area contributed by atoms with Gasteiger partial charge in [0.25, 0.3) is 0 Å². The standard InChI is InChI=1S/C19H19ClN4OS/c1-12-6-4-5-7-16(12)21-18(25)13(2)26-19-23-22-17(24(19)3)14-8-10-15(20)11-9-14/h4-11,13H,1-3H3,(H,21,25). The average molecular weight is 387 g/mol. The largest absolute Gasteiger partial charge is 0.325 e. The summed E-state index contributed by atoms with van der Waals surface area (Å²) >= 11 is 7.31. The number of carbonyl (C=O) groups is 1. The van der Waals surface area contributed by atoms with E-state index in [1.54, 1.807) is 0 Å². The fourth-order valence-corrected chi connectivity index (χ4v) is 3.37. The molecule has 0 saturated heterocycles. The summed E-state index contributed by atoms with van der Waals surface area (Å²) in [6.45, 7) is 3.82. The third kappa shape index (κ3) is 4.08. The first kappa shape index (κ1) is 18.5. The van der Waals surface area contributed by atoms with Crippen molar-refractivity contribution in [2.75, 3.05) is 5.32 Å². The monoisotopic (exact) mass is 386 g/mol. The summed E-state index contributed by atoms with van der Waals surface area (Å²) in [5.74, 6) is 0.663. The van der Waals surface area contributed by atoms with Crippen molar-refractivity contribution in [3.63, 3.8) is 0 Å². The van der Waals surface area contributed by atoms with Crippen molar-refractivity contribution in [3.8, 4) is 11.4 Å². The van der Waals surface area contributed by atoms with E-state index in [-0.39, 0.29) is 11.2 Å². The average Bonchev–Trinajstić information content (AvgIpc) is 2.98. The number of amides is 1. The lowest BCUT2D eigenvalue weighted by Crippen LogP contribution is -2.23. The third-order valence-electron chi connectivity index (χ3n) is 3.99. The number of hydrogen-bond donors (Lipinski definition) is 1. The van der Waals surface area contributed by atoms with Crippen LogP contribution in [0.5, 0.6) is 0 Å². The highest BCUT2D eigenvalue weighted by Crippen LogP contribution is 2.27. The second-order valence-corrected chi connectivity index (χ2v) is 7.68. The number of aromatic nitrogens is 3. The van der Waals surface area contributed by atoms with Crippen LogP contribution in [0.15, 0.2) is 53.7 Å². The number of para-hydroxylation sites is 1. The van der Waals surface area contributed by atoms with Gasteiger partial charge in [0.2, 0.25) is 5.91 Å². The first-order valence-electron chi connectivity index (χ1n) is 8.14. The molecule has 1 unspecified atom stereocenters. The number of rotatable bonds is 5. The number of anilines is 1. The van der Waals surface area contributed by atoms with Crippen molar-refractivity contribution in [2.45, 2.75) is 24.3 Å². The van der Waals surface area contributed by atoms with E-state index in [1.165, 1.54) is 11.8 Å². The molecule has 0 saturated carbocycles. The molecule has 0 aliphatic heterocycles. The van der Waals surface area contributed by atoms with Crippen LogP contribution in [0.4, 0.5) is 5.69 Å². The zero-order valence-electron chi connectivity index (χ0n) is 14.7. The molecule has 0 aliphatic carbocycles. The summed E-state index contributed by atoms with van der Waals surface area (Å²) in [6.07, 6.45) is 0. The minimum Gasteiger partial charge on any atom is -0.325 e. The minimum atomic E-state index is -0.310. The number of hydrogen-bond acceptors (Lipinski definition) is 4. The van der Waals surface area contributed by atoms with Crippen molar-refractivity contribution in [1.82, 2.24) is 14.8 Å². The zero-order valence-corrected chi connectivity index (χ0v) is 16.3. The maximum atomic E-state index is 12.5. The Bertz CT molecular complexity index is 924. The zero-order chi connectivity index (χ0) is 18.7. The molecule has 0 fully saturated rings. The summed E-state index contributed by atoms with van der Waals surface area (Å²) in [7, 11) is 1.89. The number of benzene rings is 2. The summed E-state index contributed by atoms with van der Waals surface area (Å²) < 4.78 is 1.88. The highest BCUT2D eigenvalue weighted by Gasteiger charge is 2.19. The lowest BCUT2D eigenvalue weighted by atomic mass is 10.2. The number of carbonyl (C=O) groups excluding carboxylic acids is 1. The van der Waals surface area contributed by atoms with Crippen LogP contribution in [0.2, 0.25) is 5.02 Å². The molecular formula is C19H19ClN4OS. The van der Waals surface area contributed by atoms with Gasteiger partial charge >= 0.3 is 0 Å². The van der Waals surface area contributed by atoms with Gasteiger partial charge in [0.05, 0.1) is 5.25 Å². The SMILES string of the molecule is Cc1ccccc1NC(=O)C(C)Sc1nnc(-c2ccc(Cl)cc2)n1C. The van der Waals surface area contributed by atoms with Gasteiger partial charge in [-0.2, -0.15) is 0 Å². The molecule has 0 aliphatic rings. The fourth-order valence-electron chi connectivity index (χ4n) is 2.43. The number of thioether (sulfide) groups is 1. The van der Waals surface area contributed by atoms with E-state index in [2.05, 4.69) is 15.5 Å². The number of aryl methyl sites for hydroxylation is 1. The summed E-state index contributed by atoms with van der Waals surface area (Å²) in [6, 6.07) is 15.1. The van der Waals surface area contributed by atoms with E-state index in [0.29, 0.717) is 10.2 Å². The van der Waals surface area contributed by atoms with Gasteiger partial charge in [0.15, 0.2) is 11.0 Å². The molecule has 3 rings (SSSR count). The lowest BCUT2D eigenvalue weighted by Gasteiger charge is -2.13. The Labute approximate surface area is 161 Å².